The molecule has 6 aromatic rings. The number of carboxylic acid groups (broad SMARTS) is 1. The summed E-state index contributed by atoms with van der Waals surface area (Å²) >= 11 is 13.8. The number of aromatic nitrogens is 6. The molecule has 0 unspecified atom stereocenters. The maximum atomic E-state index is 12.0. The number of amides is 1. The third-order valence-corrected chi connectivity index (χ3v) is 7.56. The first-order valence-electron chi connectivity index (χ1n) is 12.4. The van der Waals surface area contributed by atoms with Crippen molar-refractivity contribution in [2.75, 3.05) is 11.1 Å². The average Bonchev–Trinajstić information content (AvgIpc) is 3.81. The second kappa shape index (κ2) is 15.6. The fourth-order valence-electron chi connectivity index (χ4n) is 3.37. The van der Waals surface area contributed by atoms with Crippen molar-refractivity contribution in [3.63, 3.8) is 0 Å². The standard InChI is InChI=1S/C14H11ClN4OS.C9H10N4.C5H3ClO2S/c15-12-7-11(9-21-12)14(20)17-13-3-6-19(18-13)8-10-1-4-16-5-2-10;10-9-3-6-13(12-9)7-8-1-4-11-5-2-8;6-4-1-3(2-9-4)5(7)8/h1-7,9H,8H2,(H,17,18,20);1-6H,7H2,(H2,10,12);1-2H,(H,7,8). The smallest absolute Gasteiger partial charge is 0.336 e. The van der Waals surface area contributed by atoms with Gasteiger partial charge in [-0.25, -0.2) is 4.79 Å². The van der Waals surface area contributed by atoms with Gasteiger partial charge < -0.3 is 16.2 Å². The van der Waals surface area contributed by atoms with E-state index in [1.807, 2.05) is 36.7 Å². The molecule has 1 amide bonds. The summed E-state index contributed by atoms with van der Waals surface area (Å²) in [4.78, 5) is 30.0. The summed E-state index contributed by atoms with van der Waals surface area (Å²) in [6.45, 7) is 1.36. The van der Waals surface area contributed by atoms with E-state index in [-0.39, 0.29) is 11.5 Å². The van der Waals surface area contributed by atoms with E-state index in [2.05, 4.69) is 25.5 Å². The zero-order valence-corrected chi connectivity index (χ0v) is 25.4. The Morgan fingerprint density at radius 3 is 1.74 bits per heavy atom. The van der Waals surface area contributed by atoms with Crippen molar-refractivity contribution in [1.82, 2.24) is 29.5 Å². The highest BCUT2D eigenvalue weighted by atomic mass is 35.5. The number of carbonyl (C=O) groups is 2. The maximum Gasteiger partial charge on any atom is 0.336 e. The van der Waals surface area contributed by atoms with Crippen LogP contribution in [0.1, 0.15) is 31.8 Å². The number of hydrogen-bond acceptors (Lipinski definition) is 9. The summed E-state index contributed by atoms with van der Waals surface area (Å²) in [5.74, 6) is -0.0871. The molecule has 0 aliphatic carbocycles. The first kappa shape index (κ1) is 31.4. The molecule has 0 radical (unpaired) electrons. The van der Waals surface area contributed by atoms with Crippen molar-refractivity contribution < 1.29 is 14.7 Å². The lowest BCUT2D eigenvalue weighted by Crippen LogP contribution is -2.12. The molecule has 15 heteroatoms. The summed E-state index contributed by atoms with van der Waals surface area (Å²) in [7, 11) is 0. The number of nitrogens with zero attached hydrogens (tertiary/aromatic N) is 6. The van der Waals surface area contributed by atoms with Gasteiger partial charge in [-0.2, -0.15) is 10.2 Å². The van der Waals surface area contributed by atoms with E-state index in [0.29, 0.717) is 32.4 Å². The maximum absolute atomic E-state index is 12.0. The summed E-state index contributed by atoms with van der Waals surface area (Å²) in [5.41, 5.74) is 8.54. The van der Waals surface area contributed by atoms with Crippen molar-refractivity contribution in [3.8, 4) is 0 Å². The molecule has 6 aromatic heterocycles. The van der Waals surface area contributed by atoms with Crippen LogP contribution in [0.4, 0.5) is 11.6 Å². The fraction of sp³-hybridized carbons (Fsp3) is 0.0714. The van der Waals surface area contributed by atoms with Gasteiger partial charge in [-0.3, -0.25) is 24.1 Å². The number of nitrogens with two attached hydrogens (primary N) is 1. The van der Waals surface area contributed by atoms with Gasteiger partial charge in [0.15, 0.2) is 5.82 Å². The first-order valence-corrected chi connectivity index (χ1v) is 14.9. The van der Waals surface area contributed by atoms with Gasteiger partial charge in [0, 0.05) is 54.0 Å². The average molecular weight is 656 g/mol. The van der Waals surface area contributed by atoms with Crippen LogP contribution in [0.2, 0.25) is 8.67 Å². The number of thiophene rings is 2. The predicted octanol–water partition coefficient (Wildman–Crippen LogP) is 6.30. The molecule has 6 rings (SSSR count). The van der Waals surface area contributed by atoms with Crippen LogP contribution >= 0.6 is 45.9 Å². The van der Waals surface area contributed by atoms with Gasteiger partial charge in [-0.05, 0) is 53.6 Å². The van der Waals surface area contributed by atoms with E-state index in [1.165, 1.54) is 34.1 Å². The molecular weight excluding hydrogens is 631 g/mol. The van der Waals surface area contributed by atoms with Crippen LogP contribution in [0.3, 0.4) is 0 Å². The second-order valence-corrected chi connectivity index (χ2v) is 11.7. The minimum absolute atomic E-state index is 0.215. The summed E-state index contributed by atoms with van der Waals surface area (Å²) in [5, 5.41) is 22.7. The van der Waals surface area contributed by atoms with Crippen LogP contribution in [0.5, 0.6) is 0 Å². The quantitative estimate of drug-likeness (QED) is 0.181. The lowest BCUT2D eigenvalue weighted by molar-refractivity contribution is 0.0697. The first-order chi connectivity index (χ1) is 20.7. The van der Waals surface area contributed by atoms with Crippen molar-refractivity contribution in [3.05, 3.63) is 127 Å². The lowest BCUT2D eigenvalue weighted by atomic mass is 10.3. The molecule has 220 valence electrons. The summed E-state index contributed by atoms with van der Waals surface area (Å²) in [6, 6.07) is 14.4. The van der Waals surface area contributed by atoms with Crippen molar-refractivity contribution in [2.45, 2.75) is 13.1 Å². The van der Waals surface area contributed by atoms with Gasteiger partial charge in [0.1, 0.15) is 5.82 Å². The fourth-order valence-corrected chi connectivity index (χ4v) is 5.09. The van der Waals surface area contributed by atoms with Crippen molar-refractivity contribution in [1.29, 1.82) is 0 Å². The third kappa shape index (κ3) is 10.3. The molecule has 0 fully saturated rings. The van der Waals surface area contributed by atoms with E-state index in [0.717, 1.165) is 17.7 Å². The van der Waals surface area contributed by atoms with Gasteiger partial charge >= 0.3 is 5.97 Å². The lowest BCUT2D eigenvalue weighted by Gasteiger charge is -2.01. The highest BCUT2D eigenvalue weighted by Crippen LogP contribution is 2.21. The van der Waals surface area contributed by atoms with Gasteiger partial charge in [0.25, 0.3) is 5.91 Å². The van der Waals surface area contributed by atoms with Crippen LogP contribution in [0.25, 0.3) is 0 Å². The molecule has 43 heavy (non-hydrogen) atoms. The van der Waals surface area contributed by atoms with E-state index in [9.17, 15) is 9.59 Å². The molecule has 0 atom stereocenters. The van der Waals surface area contributed by atoms with Crippen LogP contribution < -0.4 is 11.1 Å². The Kier molecular flexibility index (Phi) is 11.4. The molecule has 0 bridgehead atoms. The number of nitrogen functional groups attached to an aromatic ring is 1. The number of hydrogen-bond donors (Lipinski definition) is 3. The number of rotatable bonds is 7. The SMILES string of the molecule is Nc1ccn(Cc2ccncc2)n1.O=C(Nc1ccn(Cc2ccncc2)n1)c1csc(Cl)c1.O=C(O)c1csc(Cl)c1. The molecular formula is C28H24Cl2N8O3S2. The Hall–Kier alpha value is -4.56. The third-order valence-electron chi connectivity index (χ3n) is 5.38. The molecule has 0 aliphatic heterocycles. The van der Waals surface area contributed by atoms with Gasteiger partial charge in [0.2, 0.25) is 0 Å². The molecule has 4 N–H and O–H groups in total. The van der Waals surface area contributed by atoms with Crippen molar-refractivity contribution in [2.24, 2.45) is 0 Å². The highest BCUT2D eigenvalue weighted by molar-refractivity contribution is 7.15. The van der Waals surface area contributed by atoms with Crippen LogP contribution in [0.15, 0.2) is 96.5 Å². The molecule has 0 spiro atoms. The molecule has 0 aliphatic rings. The van der Waals surface area contributed by atoms with Gasteiger partial charge in [0.05, 0.1) is 32.9 Å². The monoisotopic (exact) mass is 654 g/mol. The number of carbonyl (C=O) groups excluding carboxylic acids is 1. The number of carboxylic acids is 1. The zero-order chi connectivity index (χ0) is 30.6. The summed E-state index contributed by atoms with van der Waals surface area (Å²) in [6.07, 6.45) is 10.7. The Balaban J connectivity index is 0.000000163. The Bertz CT molecular complexity index is 1750. The van der Waals surface area contributed by atoms with E-state index >= 15 is 0 Å². The van der Waals surface area contributed by atoms with E-state index < -0.39 is 5.97 Å². The molecule has 0 saturated carbocycles. The molecule has 0 aromatic carbocycles. The van der Waals surface area contributed by atoms with Crippen molar-refractivity contribution >= 4 is 69.4 Å². The van der Waals surface area contributed by atoms with Crippen LogP contribution in [-0.4, -0.2) is 46.5 Å². The highest BCUT2D eigenvalue weighted by Gasteiger charge is 2.10. The van der Waals surface area contributed by atoms with Crippen LogP contribution in [0, 0.1) is 0 Å². The molecule has 0 saturated heterocycles. The topological polar surface area (TPSA) is 154 Å². The van der Waals surface area contributed by atoms with E-state index in [1.54, 1.807) is 57.7 Å². The number of aromatic carboxylic acids is 1. The predicted molar refractivity (Wildman–Crippen MR) is 169 cm³/mol. The molecule has 11 nitrogen and oxygen atoms in total. The second-order valence-electron chi connectivity index (χ2n) is 8.59. The Labute approximate surface area is 264 Å². The number of anilines is 2. The van der Waals surface area contributed by atoms with Gasteiger partial charge in [-0.15, -0.1) is 22.7 Å². The largest absolute Gasteiger partial charge is 0.478 e. The Morgan fingerprint density at radius 2 is 1.30 bits per heavy atom. The number of pyridine rings is 2. The van der Waals surface area contributed by atoms with Crippen LogP contribution in [-0.2, 0) is 13.1 Å². The zero-order valence-electron chi connectivity index (χ0n) is 22.2. The minimum atomic E-state index is -0.932. The number of halogens is 2. The van der Waals surface area contributed by atoms with E-state index in [4.69, 9.17) is 34.0 Å². The van der Waals surface area contributed by atoms with Gasteiger partial charge in [-0.1, -0.05) is 23.2 Å². The number of nitrogens with one attached hydrogen (secondary N) is 1. The summed E-state index contributed by atoms with van der Waals surface area (Å²) < 4.78 is 4.65. The Morgan fingerprint density at radius 1 is 0.791 bits per heavy atom. The normalized spacial score (nSPS) is 10.2. The molecule has 6 heterocycles. The minimum Gasteiger partial charge on any atom is -0.478 e.